The second-order valence-corrected chi connectivity index (χ2v) is 6.78. The summed E-state index contributed by atoms with van der Waals surface area (Å²) in [5.41, 5.74) is 2.93. The summed E-state index contributed by atoms with van der Waals surface area (Å²) in [5.74, 6) is 1.10. The highest BCUT2D eigenvalue weighted by atomic mass is 35.5. The van der Waals surface area contributed by atoms with E-state index in [1.165, 1.54) is 0 Å². The summed E-state index contributed by atoms with van der Waals surface area (Å²) in [4.78, 5) is 19.6. The van der Waals surface area contributed by atoms with Crippen molar-refractivity contribution in [1.29, 1.82) is 0 Å². The molecule has 1 unspecified atom stereocenters. The van der Waals surface area contributed by atoms with E-state index in [4.69, 9.17) is 4.52 Å². The van der Waals surface area contributed by atoms with E-state index < -0.39 is 0 Å². The second kappa shape index (κ2) is 6.69. The predicted octanol–water partition coefficient (Wildman–Crippen LogP) is 2.51. The van der Waals surface area contributed by atoms with Crippen molar-refractivity contribution in [1.82, 2.24) is 20.4 Å². The fourth-order valence-electron chi connectivity index (χ4n) is 3.51. The predicted molar refractivity (Wildman–Crippen MR) is 93.7 cm³/mol. The molecule has 4 rings (SSSR count). The van der Waals surface area contributed by atoms with Crippen LogP contribution in [0.2, 0.25) is 0 Å². The van der Waals surface area contributed by atoms with Crippen molar-refractivity contribution in [2.24, 2.45) is 5.92 Å². The smallest absolute Gasteiger partial charge is 0.259 e. The Labute approximate surface area is 147 Å². The van der Waals surface area contributed by atoms with Crippen molar-refractivity contribution in [2.45, 2.75) is 32.1 Å². The SMILES string of the molecule is CNCC1CCN(C(=O)c2cc(C3CC3)nc3onc(C)c23)C1.Cl. The Kier molecular flexibility index (Phi) is 4.78. The summed E-state index contributed by atoms with van der Waals surface area (Å²) in [6, 6.07) is 1.97. The maximum atomic E-state index is 13.1. The van der Waals surface area contributed by atoms with E-state index in [1.807, 2.05) is 24.9 Å². The Balaban J connectivity index is 0.00000169. The van der Waals surface area contributed by atoms with Crippen LogP contribution in [0.15, 0.2) is 10.6 Å². The number of aryl methyl sites for hydroxylation is 1. The van der Waals surface area contributed by atoms with Gasteiger partial charge in [0.2, 0.25) is 0 Å². The van der Waals surface area contributed by atoms with Crippen molar-refractivity contribution in [2.75, 3.05) is 26.7 Å². The van der Waals surface area contributed by atoms with Gasteiger partial charge in [0.05, 0.1) is 16.6 Å². The maximum Gasteiger partial charge on any atom is 0.259 e. The fourth-order valence-corrected chi connectivity index (χ4v) is 3.51. The summed E-state index contributed by atoms with van der Waals surface area (Å²) in [6.07, 6.45) is 3.35. The summed E-state index contributed by atoms with van der Waals surface area (Å²) in [6.45, 7) is 4.45. The lowest BCUT2D eigenvalue weighted by Crippen LogP contribution is -2.30. The molecule has 0 bridgehead atoms. The van der Waals surface area contributed by atoms with E-state index >= 15 is 0 Å². The zero-order valence-corrected chi connectivity index (χ0v) is 14.9. The molecule has 2 fully saturated rings. The third-order valence-electron chi connectivity index (χ3n) is 4.93. The van der Waals surface area contributed by atoms with Crippen LogP contribution in [0.4, 0.5) is 0 Å². The number of rotatable bonds is 4. The molecular formula is C17H23ClN4O2. The number of carbonyl (C=O) groups is 1. The first-order chi connectivity index (χ1) is 11.2. The van der Waals surface area contributed by atoms with E-state index in [2.05, 4.69) is 15.5 Å². The van der Waals surface area contributed by atoms with Crippen LogP contribution < -0.4 is 5.32 Å². The van der Waals surface area contributed by atoms with Gasteiger partial charge >= 0.3 is 0 Å². The van der Waals surface area contributed by atoms with Crippen LogP contribution in [0, 0.1) is 12.8 Å². The number of nitrogens with one attached hydrogen (secondary N) is 1. The molecule has 7 heteroatoms. The Morgan fingerprint density at radius 3 is 2.92 bits per heavy atom. The largest absolute Gasteiger partial charge is 0.338 e. The van der Waals surface area contributed by atoms with Gasteiger partial charge in [-0.15, -0.1) is 12.4 Å². The van der Waals surface area contributed by atoms with Gasteiger partial charge in [0, 0.05) is 24.7 Å². The molecular weight excluding hydrogens is 328 g/mol. The van der Waals surface area contributed by atoms with Gasteiger partial charge in [-0.1, -0.05) is 5.16 Å². The van der Waals surface area contributed by atoms with Crippen molar-refractivity contribution in [3.05, 3.63) is 23.0 Å². The highest BCUT2D eigenvalue weighted by molar-refractivity contribution is 6.06. The van der Waals surface area contributed by atoms with Gasteiger partial charge < -0.3 is 14.7 Å². The fraction of sp³-hybridized carbons (Fsp3) is 0.588. The second-order valence-electron chi connectivity index (χ2n) is 6.78. The highest BCUT2D eigenvalue weighted by Crippen LogP contribution is 2.40. The zero-order chi connectivity index (χ0) is 16.0. The first-order valence-corrected chi connectivity index (χ1v) is 8.38. The molecule has 1 saturated heterocycles. The van der Waals surface area contributed by atoms with Gasteiger partial charge in [0.25, 0.3) is 11.6 Å². The van der Waals surface area contributed by atoms with E-state index in [1.54, 1.807) is 0 Å². The van der Waals surface area contributed by atoms with E-state index in [0.29, 0.717) is 23.1 Å². The molecule has 6 nitrogen and oxygen atoms in total. The molecule has 2 aliphatic rings. The minimum absolute atomic E-state index is 0. The van der Waals surface area contributed by atoms with Crippen molar-refractivity contribution < 1.29 is 9.32 Å². The normalized spacial score (nSPS) is 20.4. The minimum Gasteiger partial charge on any atom is -0.338 e. The van der Waals surface area contributed by atoms with Crippen molar-refractivity contribution >= 4 is 29.4 Å². The van der Waals surface area contributed by atoms with Crippen molar-refractivity contribution in [3.63, 3.8) is 0 Å². The lowest BCUT2D eigenvalue weighted by Gasteiger charge is -2.17. The Morgan fingerprint density at radius 1 is 1.42 bits per heavy atom. The molecule has 1 aliphatic carbocycles. The number of pyridine rings is 1. The van der Waals surface area contributed by atoms with Gasteiger partial charge in [-0.05, 0) is 51.8 Å². The molecule has 0 aromatic carbocycles. The molecule has 0 spiro atoms. The first-order valence-electron chi connectivity index (χ1n) is 8.38. The quantitative estimate of drug-likeness (QED) is 0.917. The van der Waals surface area contributed by atoms with Crippen LogP contribution in [0.25, 0.3) is 11.1 Å². The van der Waals surface area contributed by atoms with Gasteiger partial charge in [-0.2, -0.15) is 0 Å². The molecule has 24 heavy (non-hydrogen) atoms. The monoisotopic (exact) mass is 350 g/mol. The van der Waals surface area contributed by atoms with Crippen LogP contribution in [0.3, 0.4) is 0 Å². The molecule has 1 aliphatic heterocycles. The van der Waals surface area contributed by atoms with Gasteiger partial charge in [-0.25, -0.2) is 4.98 Å². The molecule has 0 radical (unpaired) electrons. The van der Waals surface area contributed by atoms with Gasteiger partial charge in [-0.3, -0.25) is 4.79 Å². The topological polar surface area (TPSA) is 71.3 Å². The number of hydrogen-bond donors (Lipinski definition) is 1. The summed E-state index contributed by atoms with van der Waals surface area (Å²) < 4.78 is 5.34. The lowest BCUT2D eigenvalue weighted by atomic mass is 10.1. The van der Waals surface area contributed by atoms with Crippen LogP contribution in [0.1, 0.15) is 46.9 Å². The third-order valence-corrected chi connectivity index (χ3v) is 4.93. The number of halogens is 1. The molecule has 1 atom stereocenters. The van der Waals surface area contributed by atoms with Crippen molar-refractivity contribution in [3.8, 4) is 0 Å². The Morgan fingerprint density at radius 2 is 2.21 bits per heavy atom. The summed E-state index contributed by atoms with van der Waals surface area (Å²) >= 11 is 0. The number of likely N-dealkylation sites (tertiary alicyclic amines) is 1. The Bertz CT molecular complexity index is 756. The van der Waals surface area contributed by atoms with Gasteiger partial charge in [0.1, 0.15) is 0 Å². The molecule has 3 heterocycles. The van der Waals surface area contributed by atoms with E-state index in [0.717, 1.165) is 55.7 Å². The van der Waals surface area contributed by atoms with E-state index in [-0.39, 0.29) is 18.3 Å². The number of amides is 1. The van der Waals surface area contributed by atoms with Crippen LogP contribution >= 0.6 is 12.4 Å². The molecule has 1 saturated carbocycles. The van der Waals surface area contributed by atoms with Crippen LogP contribution in [0.5, 0.6) is 0 Å². The van der Waals surface area contributed by atoms with Crippen LogP contribution in [-0.2, 0) is 0 Å². The Hall–Kier alpha value is -1.66. The molecule has 1 N–H and O–H groups in total. The van der Waals surface area contributed by atoms with Gasteiger partial charge in [0.15, 0.2) is 0 Å². The number of nitrogens with zero attached hydrogens (tertiary/aromatic N) is 3. The highest BCUT2D eigenvalue weighted by Gasteiger charge is 2.32. The average molecular weight is 351 g/mol. The standard InChI is InChI=1S/C17H22N4O2.ClH/c1-10-15-13(17(22)21-6-5-11(9-21)8-18-2)7-14(12-3-4-12)19-16(15)23-20-10;/h7,11-12,18H,3-6,8-9H2,1-2H3;1H. The maximum absolute atomic E-state index is 13.1. The number of hydrogen-bond acceptors (Lipinski definition) is 5. The summed E-state index contributed by atoms with van der Waals surface area (Å²) in [5, 5.41) is 7.99. The lowest BCUT2D eigenvalue weighted by molar-refractivity contribution is 0.0789. The number of aromatic nitrogens is 2. The molecule has 130 valence electrons. The molecule has 2 aromatic rings. The third kappa shape index (κ3) is 3.00. The van der Waals surface area contributed by atoms with Crippen LogP contribution in [-0.4, -0.2) is 47.6 Å². The zero-order valence-electron chi connectivity index (χ0n) is 14.0. The first kappa shape index (κ1) is 17.2. The number of fused-ring (bicyclic) bond motifs is 1. The molecule has 1 amide bonds. The van der Waals surface area contributed by atoms with E-state index in [9.17, 15) is 4.79 Å². The minimum atomic E-state index is 0. The molecule has 2 aromatic heterocycles. The summed E-state index contributed by atoms with van der Waals surface area (Å²) in [7, 11) is 1.96. The average Bonchev–Trinajstić information content (AvgIpc) is 3.20. The number of carbonyl (C=O) groups excluding carboxylic acids is 1.